The van der Waals surface area contributed by atoms with Gasteiger partial charge >= 0.3 is 5.97 Å². The molecule has 1 amide bonds. The van der Waals surface area contributed by atoms with Crippen molar-refractivity contribution in [2.45, 2.75) is 0 Å². The standard InChI is InChI=1S/C11H9NO4/c13-9-4-2-1-3-8(9)12-6-7(11(15)16)5-10(12)14/h1-5,13H,6H2,(H,15,16). The highest BCUT2D eigenvalue weighted by atomic mass is 16.4. The Bertz CT molecular complexity index is 493. The molecule has 0 radical (unpaired) electrons. The quantitative estimate of drug-likeness (QED) is 0.769. The van der Waals surface area contributed by atoms with Gasteiger partial charge < -0.3 is 15.1 Å². The van der Waals surface area contributed by atoms with Crippen LogP contribution >= 0.6 is 0 Å². The summed E-state index contributed by atoms with van der Waals surface area (Å²) in [6, 6.07) is 6.30. The van der Waals surface area contributed by atoms with Gasteiger partial charge in [0.1, 0.15) is 5.75 Å². The van der Waals surface area contributed by atoms with E-state index in [2.05, 4.69) is 0 Å². The summed E-state index contributed by atoms with van der Waals surface area (Å²) in [6.45, 7) is -0.0221. The summed E-state index contributed by atoms with van der Waals surface area (Å²) >= 11 is 0. The first-order valence-corrected chi connectivity index (χ1v) is 4.63. The third-order valence-electron chi connectivity index (χ3n) is 2.34. The molecule has 1 aliphatic heterocycles. The van der Waals surface area contributed by atoms with Gasteiger partial charge in [0.15, 0.2) is 0 Å². The van der Waals surface area contributed by atoms with Crippen LogP contribution in [0.25, 0.3) is 0 Å². The lowest BCUT2D eigenvalue weighted by Crippen LogP contribution is -2.26. The van der Waals surface area contributed by atoms with E-state index >= 15 is 0 Å². The Kier molecular flexibility index (Phi) is 2.36. The molecule has 0 aromatic heterocycles. The molecular weight excluding hydrogens is 210 g/mol. The highest BCUT2D eigenvalue weighted by molar-refractivity contribution is 6.11. The van der Waals surface area contributed by atoms with Crippen LogP contribution in [0, 0.1) is 0 Å². The molecule has 2 rings (SSSR count). The summed E-state index contributed by atoms with van der Waals surface area (Å²) < 4.78 is 0. The molecule has 5 heteroatoms. The van der Waals surface area contributed by atoms with Crippen LogP contribution in [0.4, 0.5) is 5.69 Å². The molecule has 1 aromatic carbocycles. The maximum atomic E-state index is 11.5. The summed E-state index contributed by atoms with van der Waals surface area (Å²) in [5.41, 5.74) is 0.341. The van der Waals surface area contributed by atoms with E-state index in [1.807, 2.05) is 0 Å². The minimum absolute atomic E-state index is 0.0215. The van der Waals surface area contributed by atoms with Crippen LogP contribution in [0.3, 0.4) is 0 Å². The molecule has 1 aromatic rings. The molecule has 0 spiro atoms. The van der Waals surface area contributed by atoms with Crippen molar-refractivity contribution in [3.8, 4) is 5.75 Å². The highest BCUT2D eigenvalue weighted by Gasteiger charge is 2.27. The molecule has 16 heavy (non-hydrogen) atoms. The molecule has 2 N–H and O–H groups in total. The number of hydrogen-bond donors (Lipinski definition) is 2. The number of phenols is 1. The van der Waals surface area contributed by atoms with Gasteiger partial charge in [0.25, 0.3) is 5.91 Å². The van der Waals surface area contributed by atoms with Crippen molar-refractivity contribution in [2.75, 3.05) is 11.4 Å². The van der Waals surface area contributed by atoms with E-state index in [0.29, 0.717) is 5.69 Å². The Morgan fingerprint density at radius 3 is 2.56 bits per heavy atom. The van der Waals surface area contributed by atoms with Gasteiger partial charge in [-0.3, -0.25) is 4.79 Å². The zero-order valence-corrected chi connectivity index (χ0v) is 8.25. The lowest BCUT2D eigenvalue weighted by atomic mass is 10.2. The number of rotatable bonds is 2. The Morgan fingerprint density at radius 2 is 2.00 bits per heavy atom. The fourth-order valence-electron chi connectivity index (χ4n) is 1.55. The summed E-state index contributed by atoms with van der Waals surface area (Å²) in [5.74, 6) is -1.60. The number of carbonyl (C=O) groups excluding carboxylic acids is 1. The average Bonchev–Trinajstić information content (AvgIpc) is 2.61. The Balaban J connectivity index is 2.31. The van der Waals surface area contributed by atoms with Crippen LogP contribution < -0.4 is 4.90 Å². The van der Waals surface area contributed by atoms with Gasteiger partial charge in [0, 0.05) is 6.08 Å². The number of phenolic OH excluding ortho intramolecular Hbond substituents is 1. The smallest absolute Gasteiger partial charge is 0.333 e. The van der Waals surface area contributed by atoms with Crippen LogP contribution in [0.2, 0.25) is 0 Å². The number of anilines is 1. The van der Waals surface area contributed by atoms with Gasteiger partial charge in [-0.05, 0) is 12.1 Å². The minimum Gasteiger partial charge on any atom is -0.506 e. The topological polar surface area (TPSA) is 77.8 Å². The molecule has 0 unspecified atom stereocenters. The van der Waals surface area contributed by atoms with Gasteiger partial charge in [-0.1, -0.05) is 12.1 Å². The number of carboxylic acid groups (broad SMARTS) is 1. The molecular formula is C11H9NO4. The molecule has 0 saturated heterocycles. The highest BCUT2D eigenvalue weighted by Crippen LogP contribution is 2.29. The molecule has 1 aliphatic rings. The number of carboxylic acids is 1. The minimum atomic E-state index is -1.12. The van der Waals surface area contributed by atoms with Crippen LogP contribution in [0.1, 0.15) is 0 Å². The number of nitrogens with zero attached hydrogens (tertiary/aromatic N) is 1. The Labute approximate surface area is 91.2 Å². The Hall–Kier alpha value is -2.30. The number of aliphatic carboxylic acids is 1. The van der Waals surface area contributed by atoms with E-state index in [1.54, 1.807) is 18.2 Å². The van der Waals surface area contributed by atoms with E-state index in [9.17, 15) is 14.7 Å². The zero-order chi connectivity index (χ0) is 11.7. The lowest BCUT2D eigenvalue weighted by Gasteiger charge is -2.17. The van der Waals surface area contributed by atoms with Gasteiger partial charge in [0.05, 0.1) is 17.8 Å². The first kappa shape index (κ1) is 10.2. The van der Waals surface area contributed by atoms with Crippen molar-refractivity contribution in [3.05, 3.63) is 35.9 Å². The predicted octanol–water partition coefficient (Wildman–Crippen LogP) is 0.750. The Morgan fingerprint density at radius 1 is 1.31 bits per heavy atom. The van der Waals surface area contributed by atoms with Crippen LogP contribution in [0.15, 0.2) is 35.9 Å². The molecule has 0 atom stereocenters. The second-order valence-electron chi connectivity index (χ2n) is 3.39. The molecule has 0 aliphatic carbocycles. The van der Waals surface area contributed by atoms with E-state index < -0.39 is 11.9 Å². The van der Waals surface area contributed by atoms with Crippen molar-refractivity contribution < 1.29 is 19.8 Å². The number of benzene rings is 1. The van der Waals surface area contributed by atoms with E-state index in [1.165, 1.54) is 11.0 Å². The van der Waals surface area contributed by atoms with Gasteiger partial charge in [-0.25, -0.2) is 4.79 Å². The maximum absolute atomic E-state index is 11.5. The SMILES string of the molecule is O=C(O)C1=CC(=O)N(c2ccccc2O)C1. The molecule has 1 heterocycles. The number of carbonyl (C=O) groups is 2. The molecule has 0 saturated carbocycles. The molecule has 82 valence electrons. The third kappa shape index (κ3) is 1.63. The number of para-hydroxylation sites is 2. The lowest BCUT2D eigenvalue weighted by molar-refractivity contribution is -0.132. The fourth-order valence-corrected chi connectivity index (χ4v) is 1.55. The fraction of sp³-hybridized carbons (Fsp3) is 0.0909. The van der Waals surface area contributed by atoms with Crippen molar-refractivity contribution in [2.24, 2.45) is 0 Å². The largest absolute Gasteiger partial charge is 0.506 e. The van der Waals surface area contributed by atoms with E-state index in [4.69, 9.17) is 5.11 Å². The normalized spacial score (nSPS) is 15.1. The van der Waals surface area contributed by atoms with Crippen LogP contribution in [0.5, 0.6) is 5.75 Å². The molecule has 0 fully saturated rings. The second-order valence-corrected chi connectivity index (χ2v) is 3.39. The predicted molar refractivity (Wildman–Crippen MR) is 56.2 cm³/mol. The van der Waals surface area contributed by atoms with Gasteiger partial charge in [-0.15, -0.1) is 0 Å². The van der Waals surface area contributed by atoms with Crippen LogP contribution in [-0.2, 0) is 9.59 Å². The average molecular weight is 219 g/mol. The number of aromatic hydroxyl groups is 1. The van der Waals surface area contributed by atoms with Crippen molar-refractivity contribution in [3.63, 3.8) is 0 Å². The number of hydrogen-bond acceptors (Lipinski definition) is 3. The van der Waals surface area contributed by atoms with E-state index in [-0.39, 0.29) is 17.9 Å². The summed E-state index contributed by atoms with van der Waals surface area (Å²) in [5, 5.41) is 18.3. The van der Waals surface area contributed by atoms with Crippen molar-refractivity contribution in [1.29, 1.82) is 0 Å². The molecule has 0 bridgehead atoms. The van der Waals surface area contributed by atoms with Crippen molar-refractivity contribution >= 4 is 17.6 Å². The first-order valence-electron chi connectivity index (χ1n) is 4.63. The first-order chi connectivity index (χ1) is 7.59. The summed E-state index contributed by atoms with van der Waals surface area (Å²) in [7, 11) is 0. The second kappa shape index (κ2) is 3.69. The van der Waals surface area contributed by atoms with Crippen LogP contribution in [-0.4, -0.2) is 28.6 Å². The monoisotopic (exact) mass is 219 g/mol. The van der Waals surface area contributed by atoms with Gasteiger partial charge in [-0.2, -0.15) is 0 Å². The third-order valence-corrected chi connectivity index (χ3v) is 2.34. The molecule has 5 nitrogen and oxygen atoms in total. The number of amides is 1. The summed E-state index contributed by atoms with van der Waals surface area (Å²) in [4.78, 5) is 23.4. The zero-order valence-electron chi connectivity index (χ0n) is 8.25. The van der Waals surface area contributed by atoms with Crippen molar-refractivity contribution in [1.82, 2.24) is 0 Å². The maximum Gasteiger partial charge on any atom is 0.333 e. The summed E-state index contributed by atoms with van der Waals surface area (Å²) in [6.07, 6.45) is 1.06. The van der Waals surface area contributed by atoms with E-state index in [0.717, 1.165) is 6.08 Å². The van der Waals surface area contributed by atoms with Gasteiger partial charge in [0.2, 0.25) is 0 Å².